The molecule has 8 heteroatoms. The van der Waals surface area contributed by atoms with E-state index in [1.807, 2.05) is 18.2 Å². The Morgan fingerprint density at radius 2 is 1.62 bits per heavy atom. The fourth-order valence-corrected chi connectivity index (χ4v) is 4.99. The first-order chi connectivity index (χ1) is 12.4. The van der Waals surface area contributed by atoms with Crippen LogP contribution < -0.4 is 4.90 Å². The number of nitro benzene ring substituents is 1. The second-order valence-corrected chi connectivity index (χ2v) is 8.33. The van der Waals surface area contributed by atoms with Gasteiger partial charge >= 0.3 is 0 Å². The van der Waals surface area contributed by atoms with E-state index in [4.69, 9.17) is 0 Å². The summed E-state index contributed by atoms with van der Waals surface area (Å²) < 4.78 is 27.1. The maximum atomic E-state index is 12.9. The molecule has 0 spiro atoms. The van der Waals surface area contributed by atoms with Gasteiger partial charge in [0.25, 0.3) is 5.69 Å². The summed E-state index contributed by atoms with van der Waals surface area (Å²) in [7, 11) is -3.87. The summed E-state index contributed by atoms with van der Waals surface area (Å²) in [5, 5.41) is 11.2. The van der Waals surface area contributed by atoms with Gasteiger partial charge in [-0.15, -0.1) is 0 Å². The van der Waals surface area contributed by atoms with Crippen LogP contribution in [0.2, 0.25) is 0 Å². The molecule has 0 unspecified atom stereocenters. The highest BCUT2D eigenvalue weighted by Gasteiger charge is 2.36. The number of quaternary nitrogens is 1. The van der Waals surface area contributed by atoms with Crippen LogP contribution in [0.15, 0.2) is 59.5 Å². The van der Waals surface area contributed by atoms with E-state index >= 15 is 0 Å². The number of benzene rings is 2. The molecule has 0 bridgehead atoms. The average molecular weight is 376 g/mol. The molecule has 1 N–H and O–H groups in total. The van der Waals surface area contributed by atoms with Crippen LogP contribution >= 0.6 is 0 Å². The number of hydrogen-bond acceptors (Lipinski definition) is 4. The lowest BCUT2D eigenvalue weighted by Gasteiger charge is -2.34. The van der Waals surface area contributed by atoms with Crippen molar-refractivity contribution in [1.82, 2.24) is 4.31 Å². The number of hydrogen-bond donors (Lipinski definition) is 1. The summed E-state index contributed by atoms with van der Waals surface area (Å²) in [6.45, 7) is 4.16. The van der Waals surface area contributed by atoms with Crippen LogP contribution in [0.1, 0.15) is 18.5 Å². The SMILES string of the molecule is C[C@H](c1ccccc1)[NH+]1CCN(S(=O)(=O)c2ccccc2[N+](=O)[O-])CC1. The first-order valence-electron chi connectivity index (χ1n) is 8.54. The largest absolute Gasteiger partial charge is 0.327 e. The molecule has 0 aromatic heterocycles. The topological polar surface area (TPSA) is 85.0 Å². The Labute approximate surface area is 153 Å². The number of nitrogens with zero attached hydrogens (tertiary/aromatic N) is 2. The van der Waals surface area contributed by atoms with E-state index in [0.29, 0.717) is 26.2 Å². The van der Waals surface area contributed by atoms with E-state index < -0.39 is 14.9 Å². The van der Waals surface area contributed by atoms with Crippen LogP contribution in [-0.2, 0) is 10.0 Å². The average Bonchev–Trinajstić information content (AvgIpc) is 2.68. The number of rotatable bonds is 5. The van der Waals surface area contributed by atoms with E-state index in [0.717, 1.165) is 0 Å². The highest BCUT2D eigenvalue weighted by molar-refractivity contribution is 7.89. The van der Waals surface area contributed by atoms with Crippen LogP contribution in [0, 0.1) is 10.1 Å². The molecule has 1 heterocycles. The molecule has 1 fully saturated rings. The molecule has 1 aliphatic rings. The Hall–Kier alpha value is -2.29. The number of sulfonamides is 1. The molecule has 0 radical (unpaired) electrons. The third-order valence-electron chi connectivity index (χ3n) is 4.96. The minimum atomic E-state index is -3.87. The number of para-hydroxylation sites is 1. The predicted octanol–water partition coefficient (Wildman–Crippen LogP) is 1.25. The molecular formula is C18H22N3O4S+. The monoisotopic (exact) mass is 376 g/mol. The lowest BCUT2D eigenvalue weighted by Crippen LogP contribution is -3.14. The van der Waals surface area contributed by atoms with Gasteiger partial charge in [-0.05, 0) is 13.0 Å². The van der Waals surface area contributed by atoms with E-state index in [-0.39, 0.29) is 16.6 Å². The summed E-state index contributed by atoms with van der Waals surface area (Å²) in [6.07, 6.45) is 0. The second kappa shape index (κ2) is 7.53. The molecule has 1 aliphatic heterocycles. The van der Waals surface area contributed by atoms with E-state index in [1.165, 1.54) is 39.0 Å². The molecular weight excluding hydrogens is 354 g/mol. The van der Waals surface area contributed by atoms with E-state index in [9.17, 15) is 18.5 Å². The quantitative estimate of drug-likeness (QED) is 0.629. The third kappa shape index (κ3) is 3.62. The lowest BCUT2D eigenvalue weighted by atomic mass is 10.1. The van der Waals surface area contributed by atoms with Gasteiger partial charge in [0.05, 0.1) is 31.1 Å². The standard InChI is InChI=1S/C18H21N3O4S/c1-15(16-7-3-2-4-8-16)19-11-13-20(14-12-19)26(24,25)18-10-6-5-9-17(18)21(22)23/h2-10,15H,11-14H2,1H3/p+1/t15-/m1/s1. The maximum Gasteiger partial charge on any atom is 0.289 e. The Balaban J connectivity index is 1.74. The van der Waals surface area contributed by atoms with Crippen molar-refractivity contribution < 1.29 is 18.2 Å². The molecule has 1 saturated heterocycles. The van der Waals surface area contributed by atoms with Crippen molar-refractivity contribution in [2.45, 2.75) is 17.9 Å². The van der Waals surface area contributed by atoms with Crippen LogP contribution in [0.3, 0.4) is 0 Å². The molecule has 0 amide bonds. The Kier molecular flexibility index (Phi) is 5.36. The number of piperazine rings is 1. The van der Waals surface area contributed by atoms with Gasteiger partial charge in [-0.25, -0.2) is 8.42 Å². The van der Waals surface area contributed by atoms with Gasteiger partial charge < -0.3 is 4.90 Å². The molecule has 7 nitrogen and oxygen atoms in total. The minimum absolute atomic E-state index is 0.232. The molecule has 26 heavy (non-hydrogen) atoms. The Bertz CT molecular complexity index is 878. The van der Waals surface area contributed by atoms with Crippen molar-refractivity contribution in [2.24, 2.45) is 0 Å². The molecule has 138 valence electrons. The summed E-state index contributed by atoms with van der Waals surface area (Å²) in [5.74, 6) is 0. The second-order valence-electron chi connectivity index (χ2n) is 6.42. The molecule has 3 rings (SSSR count). The van der Waals surface area contributed by atoms with Gasteiger partial charge in [0.15, 0.2) is 4.90 Å². The summed E-state index contributed by atoms with van der Waals surface area (Å²) in [6, 6.07) is 15.9. The van der Waals surface area contributed by atoms with E-state index in [1.54, 1.807) is 0 Å². The Morgan fingerprint density at radius 3 is 2.23 bits per heavy atom. The third-order valence-corrected chi connectivity index (χ3v) is 6.90. The van der Waals surface area contributed by atoms with Gasteiger partial charge in [0.2, 0.25) is 10.0 Å². The van der Waals surface area contributed by atoms with E-state index in [2.05, 4.69) is 19.1 Å². The van der Waals surface area contributed by atoms with Crippen LogP contribution in [0.5, 0.6) is 0 Å². The van der Waals surface area contributed by atoms with Crippen LogP contribution in [0.25, 0.3) is 0 Å². The molecule has 0 saturated carbocycles. The maximum absolute atomic E-state index is 12.9. The van der Waals surface area contributed by atoms with Crippen molar-refractivity contribution in [3.63, 3.8) is 0 Å². The van der Waals surface area contributed by atoms with Crippen LogP contribution in [0.4, 0.5) is 5.69 Å². The highest BCUT2D eigenvalue weighted by atomic mass is 32.2. The predicted molar refractivity (Wildman–Crippen MR) is 97.4 cm³/mol. The minimum Gasteiger partial charge on any atom is -0.327 e. The fourth-order valence-electron chi connectivity index (χ4n) is 3.39. The lowest BCUT2D eigenvalue weighted by molar-refractivity contribution is -0.933. The van der Waals surface area contributed by atoms with Crippen molar-refractivity contribution in [2.75, 3.05) is 26.2 Å². The van der Waals surface area contributed by atoms with Gasteiger partial charge in [-0.3, -0.25) is 10.1 Å². The zero-order valence-electron chi connectivity index (χ0n) is 14.5. The first kappa shape index (κ1) is 18.5. The van der Waals surface area contributed by atoms with Crippen molar-refractivity contribution in [3.8, 4) is 0 Å². The zero-order chi connectivity index (χ0) is 18.7. The normalized spacial score (nSPS) is 17.7. The summed E-state index contributed by atoms with van der Waals surface area (Å²) >= 11 is 0. The first-order valence-corrected chi connectivity index (χ1v) is 9.98. The summed E-state index contributed by atoms with van der Waals surface area (Å²) in [5.41, 5.74) is 0.845. The Morgan fingerprint density at radius 1 is 1.04 bits per heavy atom. The smallest absolute Gasteiger partial charge is 0.289 e. The zero-order valence-corrected chi connectivity index (χ0v) is 15.4. The molecule has 1 atom stereocenters. The van der Waals surface area contributed by atoms with Crippen molar-refractivity contribution in [1.29, 1.82) is 0 Å². The van der Waals surface area contributed by atoms with Gasteiger partial charge in [-0.2, -0.15) is 4.31 Å². The van der Waals surface area contributed by atoms with Gasteiger partial charge in [-0.1, -0.05) is 42.5 Å². The van der Waals surface area contributed by atoms with Crippen molar-refractivity contribution >= 4 is 15.7 Å². The fraction of sp³-hybridized carbons (Fsp3) is 0.333. The van der Waals surface area contributed by atoms with Gasteiger partial charge in [0, 0.05) is 11.6 Å². The highest BCUT2D eigenvalue weighted by Crippen LogP contribution is 2.26. The molecule has 2 aromatic rings. The van der Waals surface area contributed by atoms with Crippen molar-refractivity contribution in [3.05, 3.63) is 70.3 Å². The number of nitrogens with one attached hydrogen (secondary N) is 1. The number of nitro groups is 1. The molecule has 0 aliphatic carbocycles. The van der Waals surface area contributed by atoms with Gasteiger partial charge in [0.1, 0.15) is 6.04 Å². The summed E-state index contributed by atoms with van der Waals surface area (Å²) in [4.78, 5) is 11.6. The van der Waals surface area contributed by atoms with Crippen LogP contribution in [-0.4, -0.2) is 43.8 Å². The molecule has 2 aromatic carbocycles.